The molecule has 0 aromatic rings. The second kappa shape index (κ2) is 5.21. The molecule has 0 aromatic heterocycles. The van der Waals surface area contributed by atoms with Crippen LogP contribution < -0.4 is 10.8 Å². The minimum atomic E-state index is -1.31. The van der Waals surface area contributed by atoms with Crippen molar-refractivity contribution in [2.45, 2.75) is 38.0 Å². The van der Waals surface area contributed by atoms with Gasteiger partial charge in [0.1, 0.15) is 11.5 Å². The molecule has 0 rings (SSSR count). The van der Waals surface area contributed by atoms with Gasteiger partial charge in [-0.3, -0.25) is 0 Å². The number of hydrogen-bond acceptors (Lipinski definition) is 4. The molecule has 1 atom stereocenters. The summed E-state index contributed by atoms with van der Waals surface area (Å²) in [5.74, 6) is -1.17. The molecule has 0 saturated heterocycles. The van der Waals surface area contributed by atoms with Crippen molar-refractivity contribution in [1.29, 1.82) is 0 Å². The predicted octanol–water partition coefficient (Wildman–Crippen LogP) is -2.62. The van der Waals surface area contributed by atoms with Gasteiger partial charge in [0.15, 0.2) is 0 Å². The molecule has 6 heteroatoms. The van der Waals surface area contributed by atoms with E-state index in [0.717, 1.165) is 0 Å². The van der Waals surface area contributed by atoms with E-state index in [0.29, 0.717) is 19.3 Å². The Hall–Kier alpha value is -0.585. The zero-order valence-corrected chi connectivity index (χ0v) is 7.82. The van der Waals surface area contributed by atoms with Gasteiger partial charge in [0, 0.05) is 6.42 Å². The SMILES string of the molecule is CC([NH3+])(CCCCB(O)O)C(=O)[O-]. The van der Waals surface area contributed by atoms with Crippen LogP contribution >= 0.6 is 0 Å². The number of quaternary nitrogens is 1. The largest absolute Gasteiger partial charge is 0.544 e. The molecule has 0 spiro atoms. The summed E-state index contributed by atoms with van der Waals surface area (Å²) in [6, 6.07) is 0. The lowest BCUT2D eigenvalue weighted by molar-refractivity contribution is -0.482. The summed E-state index contributed by atoms with van der Waals surface area (Å²) < 4.78 is 0. The summed E-state index contributed by atoms with van der Waals surface area (Å²) in [6.07, 6.45) is 1.84. The third-order valence-electron chi connectivity index (χ3n) is 1.93. The summed E-state index contributed by atoms with van der Waals surface area (Å²) in [4.78, 5) is 10.5. The molecule has 0 bridgehead atoms. The normalized spacial score (nSPS) is 15.1. The highest BCUT2D eigenvalue weighted by atomic mass is 16.4. The van der Waals surface area contributed by atoms with Crippen molar-refractivity contribution in [3.05, 3.63) is 0 Å². The first-order chi connectivity index (χ1) is 5.86. The second-order valence-corrected chi connectivity index (χ2v) is 3.57. The minimum Gasteiger partial charge on any atom is -0.544 e. The molecule has 0 heterocycles. The highest BCUT2D eigenvalue weighted by Gasteiger charge is 2.23. The lowest BCUT2D eigenvalue weighted by Crippen LogP contribution is -2.77. The first-order valence-electron chi connectivity index (χ1n) is 4.29. The van der Waals surface area contributed by atoms with Gasteiger partial charge < -0.3 is 25.7 Å². The lowest BCUT2D eigenvalue weighted by Gasteiger charge is -2.21. The number of rotatable bonds is 6. The summed E-state index contributed by atoms with van der Waals surface area (Å²) in [5.41, 5.74) is 2.43. The Kier molecular flexibility index (Phi) is 4.98. The van der Waals surface area contributed by atoms with Crippen LogP contribution in [0.25, 0.3) is 0 Å². The molecule has 0 amide bonds. The lowest BCUT2D eigenvalue weighted by atomic mass is 9.82. The second-order valence-electron chi connectivity index (χ2n) is 3.57. The Bertz CT molecular complexity index is 172. The highest BCUT2D eigenvalue weighted by molar-refractivity contribution is 6.40. The topological polar surface area (TPSA) is 108 Å². The van der Waals surface area contributed by atoms with Crippen molar-refractivity contribution >= 4 is 13.1 Å². The van der Waals surface area contributed by atoms with Crippen molar-refractivity contribution < 1.29 is 25.7 Å². The van der Waals surface area contributed by atoms with Crippen molar-refractivity contribution in [1.82, 2.24) is 0 Å². The first kappa shape index (κ1) is 12.4. The van der Waals surface area contributed by atoms with Gasteiger partial charge in [-0.05, 0) is 19.7 Å². The van der Waals surface area contributed by atoms with Crippen LogP contribution in [0.3, 0.4) is 0 Å². The number of hydrogen-bond donors (Lipinski definition) is 3. The molecule has 1 unspecified atom stereocenters. The quantitative estimate of drug-likeness (QED) is 0.314. The fraction of sp³-hybridized carbons (Fsp3) is 0.857. The summed E-state index contributed by atoms with van der Waals surface area (Å²) in [7, 11) is -1.31. The van der Waals surface area contributed by atoms with Gasteiger partial charge in [0.05, 0.1) is 0 Å². The number of aliphatic carboxylic acids is 1. The van der Waals surface area contributed by atoms with E-state index in [1.165, 1.54) is 6.92 Å². The summed E-state index contributed by atoms with van der Waals surface area (Å²) in [5, 5.41) is 27.5. The van der Waals surface area contributed by atoms with E-state index in [9.17, 15) is 9.90 Å². The van der Waals surface area contributed by atoms with Gasteiger partial charge in [-0.1, -0.05) is 6.42 Å². The van der Waals surface area contributed by atoms with Crippen LogP contribution in [0.5, 0.6) is 0 Å². The predicted molar refractivity (Wildman–Crippen MR) is 45.1 cm³/mol. The van der Waals surface area contributed by atoms with Gasteiger partial charge in [-0.2, -0.15) is 0 Å². The average Bonchev–Trinajstić information content (AvgIpc) is 1.97. The number of carbonyl (C=O) groups excluding carboxylic acids is 1. The van der Waals surface area contributed by atoms with Gasteiger partial charge in [0.2, 0.25) is 0 Å². The van der Waals surface area contributed by atoms with Crippen LogP contribution in [0.1, 0.15) is 26.2 Å². The van der Waals surface area contributed by atoms with Crippen LogP contribution in [0.15, 0.2) is 0 Å². The van der Waals surface area contributed by atoms with E-state index in [-0.39, 0.29) is 6.32 Å². The van der Waals surface area contributed by atoms with Gasteiger partial charge in [0.25, 0.3) is 0 Å². The van der Waals surface area contributed by atoms with Gasteiger partial charge in [-0.25, -0.2) is 0 Å². The number of carboxylic acids is 1. The summed E-state index contributed by atoms with van der Waals surface area (Å²) in [6.45, 7) is 1.50. The van der Waals surface area contributed by atoms with Crippen molar-refractivity contribution in [2.24, 2.45) is 0 Å². The molecule has 5 N–H and O–H groups in total. The van der Waals surface area contributed by atoms with Crippen molar-refractivity contribution in [3.8, 4) is 0 Å². The monoisotopic (exact) mass is 189 g/mol. The third kappa shape index (κ3) is 5.62. The van der Waals surface area contributed by atoms with Gasteiger partial charge >= 0.3 is 7.12 Å². The fourth-order valence-corrected chi connectivity index (χ4v) is 0.944. The molecular formula is C7H16BNO4. The van der Waals surface area contributed by atoms with Crippen LogP contribution in [0.4, 0.5) is 0 Å². The molecule has 0 fully saturated rings. The smallest absolute Gasteiger partial charge is 0.451 e. The van der Waals surface area contributed by atoms with Crippen molar-refractivity contribution in [2.75, 3.05) is 0 Å². The van der Waals surface area contributed by atoms with Crippen LogP contribution in [-0.2, 0) is 4.79 Å². The fourth-order valence-electron chi connectivity index (χ4n) is 0.944. The molecule has 13 heavy (non-hydrogen) atoms. The maximum atomic E-state index is 10.5. The molecule has 76 valence electrons. The molecule has 5 nitrogen and oxygen atoms in total. The Morgan fingerprint density at radius 3 is 2.46 bits per heavy atom. The Morgan fingerprint density at radius 1 is 1.54 bits per heavy atom. The molecule has 0 aliphatic carbocycles. The minimum absolute atomic E-state index is 0.267. The Labute approximate surface area is 77.7 Å². The van der Waals surface area contributed by atoms with Crippen molar-refractivity contribution in [3.63, 3.8) is 0 Å². The van der Waals surface area contributed by atoms with E-state index >= 15 is 0 Å². The molecule has 0 radical (unpaired) electrons. The molecule has 0 aromatic carbocycles. The maximum absolute atomic E-state index is 10.5. The number of carboxylic acid groups (broad SMARTS) is 1. The van der Waals surface area contributed by atoms with E-state index in [1.807, 2.05) is 0 Å². The average molecular weight is 189 g/mol. The zero-order valence-electron chi connectivity index (χ0n) is 7.82. The number of unbranched alkanes of at least 4 members (excludes halogenated alkanes) is 1. The third-order valence-corrected chi connectivity index (χ3v) is 1.93. The molecule has 0 aliphatic heterocycles. The zero-order chi connectivity index (χ0) is 10.5. The van der Waals surface area contributed by atoms with Gasteiger partial charge in [-0.15, -0.1) is 0 Å². The van der Waals surface area contributed by atoms with Crippen LogP contribution in [0, 0.1) is 0 Å². The van der Waals surface area contributed by atoms with E-state index in [4.69, 9.17) is 10.0 Å². The molecule has 0 aliphatic rings. The Morgan fingerprint density at radius 2 is 2.08 bits per heavy atom. The van der Waals surface area contributed by atoms with E-state index in [1.54, 1.807) is 0 Å². The molecule has 0 saturated carbocycles. The standard InChI is InChI=1S/C7H16BNO4/c1-7(9,6(10)11)4-2-3-5-8(12)13/h12-13H,2-5,9H2,1H3,(H,10,11). The van der Waals surface area contributed by atoms with E-state index in [2.05, 4.69) is 5.73 Å². The summed E-state index contributed by atoms with van der Waals surface area (Å²) >= 11 is 0. The van der Waals surface area contributed by atoms with Crippen LogP contribution in [-0.4, -0.2) is 28.7 Å². The first-order valence-corrected chi connectivity index (χ1v) is 4.29. The van der Waals surface area contributed by atoms with E-state index < -0.39 is 18.6 Å². The maximum Gasteiger partial charge on any atom is 0.451 e. The molecular weight excluding hydrogens is 173 g/mol. The van der Waals surface area contributed by atoms with Crippen LogP contribution in [0.2, 0.25) is 6.32 Å². The highest BCUT2D eigenvalue weighted by Crippen LogP contribution is 2.09. The number of carbonyl (C=O) groups is 1. The Balaban J connectivity index is 3.58.